The van der Waals surface area contributed by atoms with Gasteiger partial charge in [-0.05, 0) is 0 Å². The lowest BCUT2D eigenvalue weighted by molar-refractivity contribution is -0.118. The monoisotopic (exact) mass is 116 g/mol. The fourth-order valence-corrected chi connectivity index (χ4v) is 0.641. The molecule has 46 valence electrons. The molecule has 1 fully saturated rings. The van der Waals surface area contributed by atoms with E-state index in [9.17, 15) is 4.79 Å². The van der Waals surface area contributed by atoms with Crippen molar-refractivity contribution in [3.63, 3.8) is 0 Å². The van der Waals surface area contributed by atoms with Crippen LogP contribution in [0.15, 0.2) is 0 Å². The molecule has 0 aromatic rings. The van der Waals surface area contributed by atoms with Crippen molar-refractivity contribution in [2.24, 2.45) is 0 Å². The zero-order valence-corrected chi connectivity index (χ0v) is 4.72. The maximum atomic E-state index is 10.4. The first kappa shape index (κ1) is 5.72. The van der Waals surface area contributed by atoms with E-state index in [1.807, 2.05) is 0 Å². The summed E-state index contributed by atoms with van der Waals surface area (Å²) in [7, 11) is 1.53. The number of hydrogen-bond donors (Lipinski definition) is 0. The van der Waals surface area contributed by atoms with Gasteiger partial charge in [-0.2, -0.15) is 0 Å². The van der Waals surface area contributed by atoms with Crippen LogP contribution in [-0.4, -0.2) is 25.8 Å². The zero-order valence-electron chi connectivity index (χ0n) is 4.72. The van der Waals surface area contributed by atoms with Gasteiger partial charge in [-0.3, -0.25) is 4.79 Å². The average Bonchev–Trinajstić information content (AvgIpc) is 2.14. The maximum absolute atomic E-state index is 10.4. The lowest BCUT2D eigenvalue weighted by atomic mass is 10.3. The van der Waals surface area contributed by atoms with E-state index in [1.165, 1.54) is 7.11 Å². The second-order valence-electron chi connectivity index (χ2n) is 1.72. The van der Waals surface area contributed by atoms with Gasteiger partial charge in [-0.25, -0.2) is 0 Å². The van der Waals surface area contributed by atoms with Crippen molar-refractivity contribution in [1.29, 1.82) is 0 Å². The van der Waals surface area contributed by atoms with Crippen LogP contribution in [0.4, 0.5) is 0 Å². The standard InChI is InChI=1S/C5H8O3/c1-7-5-2-4(6)3-8-5/h5H,2-3H2,1H3. The Morgan fingerprint density at radius 1 is 1.88 bits per heavy atom. The number of ether oxygens (including phenoxy) is 2. The summed E-state index contributed by atoms with van der Waals surface area (Å²) in [5.41, 5.74) is 0. The summed E-state index contributed by atoms with van der Waals surface area (Å²) in [6.07, 6.45) is 0.138. The summed E-state index contributed by atoms with van der Waals surface area (Å²) in [6, 6.07) is 0. The minimum Gasteiger partial charge on any atom is -0.355 e. The third kappa shape index (κ3) is 1.05. The largest absolute Gasteiger partial charge is 0.355 e. The highest BCUT2D eigenvalue weighted by molar-refractivity contribution is 5.81. The van der Waals surface area contributed by atoms with Gasteiger partial charge < -0.3 is 9.47 Å². The van der Waals surface area contributed by atoms with Crippen molar-refractivity contribution < 1.29 is 14.3 Å². The fourth-order valence-electron chi connectivity index (χ4n) is 0.641. The van der Waals surface area contributed by atoms with E-state index >= 15 is 0 Å². The predicted molar refractivity (Wildman–Crippen MR) is 26.4 cm³/mol. The maximum Gasteiger partial charge on any atom is 0.164 e. The first-order chi connectivity index (χ1) is 3.83. The van der Waals surface area contributed by atoms with Gasteiger partial charge in [-0.1, -0.05) is 0 Å². The molecule has 0 amide bonds. The van der Waals surface area contributed by atoms with Gasteiger partial charge in [0.15, 0.2) is 12.1 Å². The van der Waals surface area contributed by atoms with E-state index < -0.39 is 0 Å². The molecule has 1 atom stereocenters. The summed E-state index contributed by atoms with van der Waals surface area (Å²) < 4.78 is 9.58. The Morgan fingerprint density at radius 2 is 2.62 bits per heavy atom. The number of rotatable bonds is 1. The summed E-state index contributed by atoms with van der Waals surface area (Å²) in [6.45, 7) is 0.221. The molecule has 3 nitrogen and oxygen atoms in total. The van der Waals surface area contributed by atoms with Crippen LogP contribution in [0.25, 0.3) is 0 Å². The van der Waals surface area contributed by atoms with Crippen molar-refractivity contribution in [3.8, 4) is 0 Å². The van der Waals surface area contributed by atoms with Gasteiger partial charge in [0.1, 0.15) is 6.61 Å². The van der Waals surface area contributed by atoms with Crippen molar-refractivity contribution in [2.75, 3.05) is 13.7 Å². The number of carbonyl (C=O) groups excluding carboxylic acids is 1. The zero-order chi connectivity index (χ0) is 5.98. The van der Waals surface area contributed by atoms with Crippen LogP contribution in [0, 0.1) is 0 Å². The Hall–Kier alpha value is -0.410. The molecule has 0 aromatic carbocycles. The topological polar surface area (TPSA) is 35.5 Å². The van der Waals surface area contributed by atoms with Crippen LogP contribution in [0.1, 0.15) is 6.42 Å². The molecule has 8 heavy (non-hydrogen) atoms. The van der Waals surface area contributed by atoms with E-state index in [1.54, 1.807) is 0 Å². The highest BCUT2D eigenvalue weighted by atomic mass is 16.7. The highest BCUT2D eigenvalue weighted by Crippen LogP contribution is 2.07. The van der Waals surface area contributed by atoms with Crippen molar-refractivity contribution in [1.82, 2.24) is 0 Å². The van der Waals surface area contributed by atoms with Gasteiger partial charge >= 0.3 is 0 Å². The molecule has 0 aromatic heterocycles. The molecule has 1 saturated heterocycles. The smallest absolute Gasteiger partial charge is 0.164 e. The van der Waals surface area contributed by atoms with Crippen LogP contribution < -0.4 is 0 Å². The second-order valence-corrected chi connectivity index (χ2v) is 1.72. The Kier molecular flexibility index (Phi) is 1.60. The minimum atomic E-state index is -0.275. The van der Waals surface area contributed by atoms with E-state index in [-0.39, 0.29) is 18.7 Å². The molecule has 1 unspecified atom stereocenters. The number of methoxy groups -OCH3 is 1. The molecule has 0 aliphatic carbocycles. The highest BCUT2D eigenvalue weighted by Gasteiger charge is 2.21. The number of carbonyl (C=O) groups is 1. The van der Waals surface area contributed by atoms with Crippen LogP contribution in [0.5, 0.6) is 0 Å². The Bertz CT molecular complexity index is 99.8. The Labute approximate surface area is 47.6 Å². The van der Waals surface area contributed by atoms with Gasteiger partial charge in [0.05, 0.1) is 6.42 Å². The molecule has 1 heterocycles. The van der Waals surface area contributed by atoms with Crippen molar-refractivity contribution >= 4 is 5.78 Å². The van der Waals surface area contributed by atoms with Crippen LogP contribution in [0.3, 0.4) is 0 Å². The molecule has 0 radical (unpaired) electrons. The third-order valence-corrected chi connectivity index (χ3v) is 1.09. The lowest BCUT2D eigenvalue weighted by Crippen LogP contribution is -2.06. The number of Topliss-reactive ketones (excluding diaryl/α,β-unsaturated/α-hetero) is 1. The summed E-state index contributed by atoms with van der Waals surface area (Å²) >= 11 is 0. The molecule has 1 rings (SSSR count). The van der Waals surface area contributed by atoms with E-state index in [2.05, 4.69) is 0 Å². The molecule has 1 aliphatic rings. The van der Waals surface area contributed by atoms with Crippen LogP contribution >= 0.6 is 0 Å². The quantitative estimate of drug-likeness (QED) is 0.481. The van der Waals surface area contributed by atoms with Gasteiger partial charge in [0.25, 0.3) is 0 Å². The van der Waals surface area contributed by atoms with Gasteiger partial charge in [0, 0.05) is 7.11 Å². The summed E-state index contributed by atoms with van der Waals surface area (Å²) in [5, 5.41) is 0. The summed E-state index contributed by atoms with van der Waals surface area (Å²) in [4.78, 5) is 10.4. The number of hydrogen-bond acceptors (Lipinski definition) is 3. The second kappa shape index (κ2) is 2.24. The molecule has 0 bridgehead atoms. The van der Waals surface area contributed by atoms with Crippen molar-refractivity contribution in [3.05, 3.63) is 0 Å². The van der Waals surface area contributed by atoms with Crippen LogP contribution in [0.2, 0.25) is 0 Å². The van der Waals surface area contributed by atoms with E-state index in [0.29, 0.717) is 6.42 Å². The molecule has 0 spiro atoms. The Balaban J connectivity index is 2.32. The number of ketones is 1. The van der Waals surface area contributed by atoms with E-state index in [0.717, 1.165) is 0 Å². The third-order valence-electron chi connectivity index (χ3n) is 1.09. The molecule has 3 heteroatoms. The lowest BCUT2D eigenvalue weighted by Gasteiger charge is -2.01. The normalized spacial score (nSPS) is 29.1. The van der Waals surface area contributed by atoms with Crippen LogP contribution in [-0.2, 0) is 14.3 Å². The average molecular weight is 116 g/mol. The van der Waals surface area contributed by atoms with E-state index in [4.69, 9.17) is 9.47 Å². The summed E-state index contributed by atoms with van der Waals surface area (Å²) in [5.74, 6) is 0.122. The predicted octanol–water partition coefficient (Wildman–Crippen LogP) is -0.0517. The molecule has 0 saturated carbocycles. The molecule has 0 N–H and O–H groups in total. The SMILES string of the molecule is COC1CC(=O)CO1. The first-order valence-electron chi connectivity index (χ1n) is 2.49. The first-order valence-corrected chi connectivity index (χ1v) is 2.49. The molecule has 1 aliphatic heterocycles. The fraction of sp³-hybridized carbons (Fsp3) is 0.800. The van der Waals surface area contributed by atoms with Crippen molar-refractivity contribution in [2.45, 2.75) is 12.7 Å². The molecular weight excluding hydrogens is 108 g/mol. The molecular formula is C5H8O3. The van der Waals surface area contributed by atoms with Gasteiger partial charge in [0.2, 0.25) is 0 Å². The van der Waals surface area contributed by atoms with Gasteiger partial charge in [-0.15, -0.1) is 0 Å². The minimum absolute atomic E-state index is 0.122. The Morgan fingerprint density at radius 3 is 2.88 bits per heavy atom.